The first-order valence-electron chi connectivity index (χ1n) is 4.30. The summed E-state index contributed by atoms with van der Waals surface area (Å²) in [7, 11) is 4.21. The number of likely N-dealkylation sites (N-methyl/N-ethyl adjacent to an activating group) is 1. The van der Waals surface area contributed by atoms with Crippen LogP contribution in [0.5, 0.6) is 0 Å². The number of nitrogens with zero attached hydrogens (tertiary/aromatic N) is 2. The summed E-state index contributed by atoms with van der Waals surface area (Å²) in [6.45, 7) is 2.88. The maximum absolute atomic E-state index is 8.65. The predicted octanol–water partition coefficient (Wildman–Crippen LogP) is -0.835. The maximum atomic E-state index is 8.65. The summed E-state index contributed by atoms with van der Waals surface area (Å²) in [5, 5.41) is 23.4. The topological polar surface area (TPSA) is 112 Å². The van der Waals surface area contributed by atoms with E-state index in [2.05, 4.69) is 14.1 Å². The Bertz CT molecular complexity index is 148. The van der Waals surface area contributed by atoms with Crippen molar-refractivity contribution in [2.24, 2.45) is 5.73 Å². The second kappa shape index (κ2) is 8.67. The molecule has 0 saturated heterocycles. The molecule has 0 amide bonds. The molecule has 0 unspecified atom stereocenters. The first-order valence-corrected chi connectivity index (χ1v) is 4.30. The summed E-state index contributed by atoms with van der Waals surface area (Å²) in [5.74, 6) is 0. The molecule has 0 aromatic heterocycles. The highest BCUT2D eigenvalue weighted by atomic mass is 16.9. The van der Waals surface area contributed by atoms with Gasteiger partial charge in [0.15, 0.2) is 0 Å². The second-order valence-electron chi connectivity index (χ2n) is 3.47. The molecule has 0 bridgehead atoms. The van der Waals surface area contributed by atoms with Gasteiger partial charge in [-0.05, 0) is 6.54 Å². The predicted molar refractivity (Wildman–Crippen MR) is 53.0 cm³/mol. The van der Waals surface area contributed by atoms with Crippen LogP contribution < -0.4 is 5.73 Å². The maximum Gasteiger partial charge on any atom is 0.102 e. The van der Waals surface area contributed by atoms with Crippen molar-refractivity contribution < 1.29 is 14.7 Å². The summed E-state index contributed by atoms with van der Waals surface area (Å²) < 4.78 is 0.869. The monoisotopic (exact) mass is 209 g/mol. The van der Waals surface area contributed by atoms with Crippen LogP contribution in [0.2, 0.25) is 0 Å². The van der Waals surface area contributed by atoms with E-state index in [0.29, 0.717) is 0 Å². The average Bonchev–Trinajstić information content (AvgIpc) is 2.00. The minimum atomic E-state index is -1.75. The van der Waals surface area contributed by atoms with E-state index in [4.69, 9.17) is 26.2 Å². The van der Waals surface area contributed by atoms with Gasteiger partial charge in [0.25, 0.3) is 0 Å². The molecule has 0 aliphatic rings. The summed E-state index contributed by atoms with van der Waals surface area (Å²) in [6, 6.07) is 0. The van der Waals surface area contributed by atoms with E-state index >= 15 is 0 Å². The molecular weight excluding hydrogens is 190 g/mol. The van der Waals surface area contributed by atoms with E-state index in [1.807, 2.05) is 0 Å². The molecule has 7 heteroatoms. The first kappa shape index (κ1) is 15.5. The second-order valence-corrected chi connectivity index (χ2v) is 3.47. The van der Waals surface area contributed by atoms with Gasteiger partial charge in [-0.1, -0.05) is 0 Å². The van der Waals surface area contributed by atoms with Crippen LogP contribution in [-0.4, -0.2) is 55.0 Å². The Morgan fingerprint density at radius 1 is 1.36 bits per heavy atom. The number of rotatable bonds is 5. The van der Waals surface area contributed by atoms with Gasteiger partial charge in [-0.2, -0.15) is 0 Å². The number of nitrogens with two attached hydrogens (primary N) is 1. The summed E-state index contributed by atoms with van der Waals surface area (Å²) in [5.41, 5.74) is 5.36. The lowest BCUT2D eigenvalue weighted by Gasteiger charge is -2.28. The van der Waals surface area contributed by atoms with Crippen molar-refractivity contribution in [3.05, 3.63) is 15.3 Å². The molecule has 3 N–H and O–H groups in total. The van der Waals surface area contributed by atoms with Crippen molar-refractivity contribution in [3.63, 3.8) is 0 Å². The SMILES string of the molecule is C[N+](C)(CCO)CCCN.O=[N+]([O-])[O-]. The third kappa shape index (κ3) is 17.2. The zero-order valence-electron chi connectivity index (χ0n) is 8.68. The highest BCUT2D eigenvalue weighted by molar-refractivity contribution is 4.37. The number of quaternary nitrogens is 1. The number of aliphatic hydroxyl groups excluding tert-OH is 1. The summed E-state index contributed by atoms with van der Waals surface area (Å²) in [4.78, 5) is 8.25. The molecule has 0 aliphatic heterocycles. The molecule has 0 fully saturated rings. The van der Waals surface area contributed by atoms with Crippen LogP contribution in [0.15, 0.2) is 0 Å². The molecule has 0 saturated carbocycles. The van der Waals surface area contributed by atoms with Crippen molar-refractivity contribution in [2.45, 2.75) is 6.42 Å². The third-order valence-electron chi connectivity index (χ3n) is 1.67. The van der Waals surface area contributed by atoms with E-state index in [1.54, 1.807) is 0 Å². The summed E-state index contributed by atoms with van der Waals surface area (Å²) in [6.07, 6.45) is 1.03. The van der Waals surface area contributed by atoms with Gasteiger partial charge in [0.1, 0.15) is 6.54 Å². The van der Waals surface area contributed by atoms with Crippen molar-refractivity contribution in [2.75, 3.05) is 40.3 Å². The van der Waals surface area contributed by atoms with E-state index in [1.165, 1.54) is 0 Å². The van der Waals surface area contributed by atoms with Crippen LogP contribution >= 0.6 is 0 Å². The van der Waals surface area contributed by atoms with Gasteiger partial charge >= 0.3 is 0 Å². The number of aliphatic hydroxyl groups is 1. The quantitative estimate of drug-likeness (QED) is 0.348. The fourth-order valence-electron chi connectivity index (χ4n) is 0.902. The Balaban J connectivity index is 0. The summed E-state index contributed by atoms with van der Waals surface area (Å²) >= 11 is 0. The largest absolute Gasteiger partial charge is 0.391 e. The van der Waals surface area contributed by atoms with Gasteiger partial charge in [0.2, 0.25) is 0 Å². The molecule has 0 radical (unpaired) electrons. The minimum absolute atomic E-state index is 0.261. The standard InChI is InChI=1S/C7H19N2O.NO3/c1-9(2,6-7-10)5-3-4-8;2-1(3)4/h10H,3-8H2,1-2H3;/q+1;-1. The van der Waals surface area contributed by atoms with Gasteiger partial charge < -0.3 is 30.6 Å². The fraction of sp³-hybridized carbons (Fsp3) is 1.00. The Kier molecular flexibility index (Phi) is 9.63. The van der Waals surface area contributed by atoms with Crippen LogP contribution in [0.1, 0.15) is 6.42 Å². The Labute approximate surface area is 83.4 Å². The van der Waals surface area contributed by atoms with Crippen molar-refractivity contribution in [3.8, 4) is 0 Å². The van der Waals surface area contributed by atoms with Gasteiger partial charge in [-0.25, -0.2) is 0 Å². The van der Waals surface area contributed by atoms with Gasteiger partial charge in [0.05, 0.1) is 32.3 Å². The molecule has 0 aromatic rings. The highest BCUT2D eigenvalue weighted by Gasteiger charge is 2.11. The molecule has 0 aromatic carbocycles. The average molecular weight is 209 g/mol. The normalized spacial score (nSPS) is 10.3. The van der Waals surface area contributed by atoms with Crippen molar-refractivity contribution in [1.82, 2.24) is 0 Å². The molecular formula is C7H19N3O4. The molecule has 0 aliphatic carbocycles. The Morgan fingerprint density at radius 3 is 2.07 bits per heavy atom. The molecule has 86 valence electrons. The van der Waals surface area contributed by atoms with E-state index in [-0.39, 0.29) is 6.61 Å². The van der Waals surface area contributed by atoms with Crippen LogP contribution in [0.4, 0.5) is 0 Å². The van der Waals surface area contributed by atoms with Crippen LogP contribution in [0.25, 0.3) is 0 Å². The van der Waals surface area contributed by atoms with Crippen molar-refractivity contribution in [1.29, 1.82) is 0 Å². The fourth-order valence-corrected chi connectivity index (χ4v) is 0.902. The molecule has 7 nitrogen and oxygen atoms in total. The molecule has 0 spiro atoms. The van der Waals surface area contributed by atoms with Crippen molar-refractivity contribution >= 4 is 0 Å². The van der Waals surface area contributed by atoms with Crippen LogP contribution in [0.3, 0.4) is 0 Å². The Hall–Kier alpha value is -0.920. The van der Waals surface area contributed by atoms with E-state index < -0.39 is 5.09 Å². The molecule has 0 rings (SSSR count). The van der Waals surface area contributed by atoms with Gasteiger partial charge in [-0.15, -0.1) is 0 Å². The van der Waals surface area contributed by atoms with Crippen LogP contribution in [-0.2, 0) is 0 Å². The molecule has 0 heterocycles. The Morgan fingerprint density at radius 2 is 1.79 bits per heavy atom. The lowest BCUT2D eigenvalue weighted by molar-refractivity contribution is -0.890. The molecule has 0 atom stereocenters. The third-order valence-corrected chi connectivity index (χ3v) is 1.67. The zero-order chi connectivity index (χ0) is 11.6. The van der Waals surface area contributed by atoms with E-state index in [0.717, 1.165) is 30.5 Å². The van der Waals surface area contributed by atoms with E-state index in [9.17, 15) is 0 Å². The van der Waals surface area contributed by atoms with Gasteiger partial charge in [0, 0.05) is 6.42 Å². The molecule has 14 heavy (non-hydrogen) atoms. The minimum Gasteiger partial charge on any atom is -0.391 e. The number of hydrogen-bond donors (Lipinski definition) is 2. The number of hydrogen-bond acceptors (Lipinski definition) is 5. The lowest BCUT2D eigenvalue weighted by Crippen LogP contribution is -2.43. The first-order chi connectivity index (χ1) is 6.35. The zero-order valence-corrected chi connectivity index (χ0v) is 8.68. The highest BCUT2D eigenvalue weighted by Crippen LogP contribution is 1.96. The van der Waals surface area contributed by atoms with Gasteiger partial charge in [-0.3, -0.25) is 0 Å². The van der Waals surface area contributed by atoms with Crippen LogP contribution in [0, 0.1) is 15.3 Å². The smallest absolute Gasteiger partial charge is 0.102 e. The lowest BCUT2D eigenvalue weighted by atomic mass is 10.3.